The van der Waals surface area contributed by atoms with Crippen LogP contribution in [-0.4, -0.2) is 28.6 Å². The number of rotatable bonds is 8. The van der Waals surface area contributed by atoms with Crippen LogP contribution < -0.4 is 9.61 Å². The zero-order chi connectivity index (χ0) is 27.8. The van der Waals surface area contributed by atoms with Crippen molar-refractivity contribution < 1.29 is 32.3 Å². The molecule has 0 amide bonds. The molecule has 0 radical (unpaired) electrons. The van der Waals surface area contributed by atoms with Gasteiger partial charge in [0.2, 0.25) is 10.0 Å². The highest BCUT2D eigenvalue weighted by Crippen LogP contribution is 2.50. The lowest BCUT2D eigenvalue weighted by molar-refractivity contribution is 0.387. The normalized spacial score (nSPS) is 18.5. The van der Waals surface area contributed by atoms with E-state index in [-0.39, 0.29) is 16.9 Å². The molecule has 2 unspecified atom stereocenters. The lowest BCUT2D eigenvalue weighted by Gasteiger charge is -2.48. The van der Waals surface area contributed by atoms with Gasteiger partial charge in [0.15, 0.2) is 0 Å². The third kappa shape index (κ3) is 5.49. The summed E-state index contributed by atoms with van der Waals surface area (Å²) in [5.41, 5.74) is 3.16. The predicted octanol–water partition coefficient (Wildman–Crippen LogP) is 5.28. The molecule has 1 saturated heterocycles. The van der Waals surface area contributed by atoms with Crippen molar-refractivity contribution in [3.8, 4) is 16.9 Å². The van der Waals surface area contributed by atoms with E-state index in [9.17, 15) is 32.3 Å². The number of para-hydroxylation sites is 1. The summed E-state index contributed by atoms with van der Waals surface area (Å²) < 4.78 is 53.0. The predicted molar refractivity (Wildman–Crippen MR) is 149 cm³/mol. The van der Waals surface area contributed by atoms with Gasteiger partial charge < -0.3 is 14.9 Å². The Morgan fingerprint density at radius 2 is 1.49 bits per heavy atom. The van der Waals surface area contributed by atoms with Crippen LogP contribution in [0.25, 0.3) is 11.1 Å². The summed E-state index contributed by atoms with van der Waals surface area (Å²) in [4.78, 5) is 18.7. The Morgan fingerprint density at radius 3 is 2.10 bits per heavy atom. The Bertz CT molecular complexity index is 1620. The third-order valence-electron chi connectivity index (χ3n) is 7.03. The van der Waals surface area contributed by atoms with Crippen LogP contribution >= 0.6 is 7.60 Å². The van der Waals surface area contributed by atoms with Gasteiger partial charge in [-0.1, -0.05) is 54.6 Å². The SMILES string of the molecule is O=P(O)(O)c1ccc(-c2ccc(C3C(CCCc4ccc(F)cc4)S(=O)(=O)N3c3ccccc3)c(O)c2)cc1. The van der Waals surface area contributed by atoms with Gasteiger partial charge in [-0.25, -0.2) is 12.8 Å². The summed E-state index contributed by atoms with van der Waals surface area (Å²) >= 11 is 0. The average molecular weight is 568 g/mol. The molecule has 3 N–H and O–H groups in total. The summed E-state index contributed by atoms with van der Waals surface area (Å²) in [6.07, 6.45) is 1.53. The Morgan fingerprint density at radius 1 is 0.846 bits per heavy atom. The van der Waals surface area contributed by atoms with E-state index in [0.717, 1.165) is 5.56 Å². The van der Waals surface area contributed by atoms with Crippen molar-refractivity contribution in [3.05, 3.63) is 114 Å². The van der Waals surface area contributed by atoms with Gasteiger partial charge in [-0.2, -0.15) is 0 Å². The smallest absolute Gasteiger partial charge is 0.356 e. The summed E-state index contributed by atoms with van der Waals surface area (Å²) in [6, 6.07) is 25.1. The van der Waals surface area contributed by atoms with Crippen LogP contribution in [0.5, 0.6) is 5.75 Å². The van der Waals surface area contributed by atoms with E-state index >= 15 is 0 Å². The lowest BCUT2D eigenvalue weighted by atomic mass is 9.94. The molecular weight excluding hydrogens is 540 g/mol. The van der Waals surface area contributed by atoms with E-state index in [1.54, 1.807) is 66.7 Å². The fourth-order valence-electron chi connectivity index (χ4n) is 5.05. The monoisotopic (exact) mass is 567 g/mol. The number of aromatic hydroxyl groups is 1. The molecule has 39 heavy (non-hydrogen) atoms. The third-order valence-corrected chi connectivity index (χ3v) is 10.2. The van der Waals surface area contributed by atoms with Crippen molar-refractivity contribution in [2.24, 2.45) is 0 Å². The number of nitrogens with zero attached hydrogens (tertiary/aromatic N) is 1. The fourth-order valence-corrected chi connectivity index (χ4v) is 7.74. The topological polar surface area (TPSA) is 115 Å². The molecular formula is C29H27FNO6PS. The molecule has 7 nitrogen and oxygen atoms in total. The maximum absolute atomic E-state index is 13.5. The molecule has 1 aliphatic heterocycles. The maximum Gasteiger partial charge on any atom is 0.356 e. The maximum atomic E-state index is 13.5. The highest BCUT2D eigenvalue weighted by Gasteiger charge is 2.54. The van der Waals surface area contributed by atoms with Crippen molar-refractivity contribution in [1.82, 2.24) is 0 Å². The van der Waals surface area contributed by atoms with Gasteiger partial charge in [0, 0.05) is 5.56 Å². The Balaban J connectivity index is 1.44. The number of sulfonamides is 1. The zero-order valence-corrected chi connectivity index (χ0v) is 22.5. The Kier molecular flexibility index (Phi) is 7.35. The second-order valence-electron chi connectivity index (χ2n) is 9.54. The van der Waals surface area contributed by atoms with Gasteiger partial charge in [-0.15, -0.1) is 0 Å². The average Bonchev–Trinajstić information content (AvgIpc) is 2.91. The van der Waals surface area contributed by atoms with Gasteiger partial charge in [0.05, 0.1) is 17.0 Å². The number of benzene rings is 4. The molecule has 202 valence electrons. The first kappa shape index (κ1) is 27.1. The molecule has 0 saturated carbocycles. The second-order valence-corrected chi connectivity index (χ2v) is 13.2. The highest BCUT2D eigenvalue weighted by atomic mass is 32.2. The summed E-state index contributed by atoms with van der Waals surface area (Å²) in [5.74, 6) is -0.397. The summed E-state index contributed by atoms with van der Waals surface area (Å²) in [5, 5.41) is 10.2. The van der Waals surface area contributed by atoms with E-state index in [2.05, 4.69) is 0 Å². The number of hydrogen-bond acceptors (Lipinski definition) is 4. The van der Waals surface area contributed by atoms with Crippen LogP contribution in [0.1, 0.15) is 30.0 Å². The van der Waals surface area contributed by atoms with Crippen LogP contribution in [0, 0.1) is 5.82 Å². The Labute approximate surface area is 226 Å². The molecule has 1 heterocycles. The van der Waals surface area contributed by atoms with Crippen LogP contribution in [0.3, 0.4) is 0 Å². The number of anilines is 1. The standard InChI is InChI=1S/C29H27FNO6PS/c30-23-14-9-20(10-15-23)5-4-8-28-29(31(39(28,36)37)24-6-2-1-3-7-24)26-18-13-22(19-27(26)32)21-11-16-25(17-12-21)38(33,34)35/h1-3,6-7,9-19,28-29,32H,4-5,8H2,(H2,33,34,35). The van der Waals surface area contributed by atoms with E-state index < -0.39 is 28.9 Å². The second kappa shape index (κ2) is 10.6. The molecule has 0 aliphatic carbocycles. The highest BCUT2D eigenvalue weighted by molar-refractivity contribution is 7.95. The molecule has 1 fully saturated rings. The quantitative estimate of drug-likeness (QED) is 0.250. The first-order valence-electron chi connectivity index (χ1n) is 12.4. The van der Waals surface area contributed by atoms with Gasteiger partial charge >= 0.3 is 7.60 Å². The first-order chi connectivity index (χ1) is 18.6. The van der Waals surface area contributed by atoms with Gasteiger partial charge in [0.1, 0.15) is 16.8 Å². The van der Waals surface area contributed by atoms with Gasteiger partial charge in [-0.3, -0.25) is 8.87 Å². The van der Waals surface area contributed by atoms with E-state index in [0.29, 0.717) is 41.6 Å². The van der Waals surface area contributed by atoms with Crippen molar-refractivity contribution in [3.63, 3.8) is 0 Å². The van der Waals surface area contributed by atoms with E-state index in [1.165, 1.54) is 34.6 Å². The minimum absolute atomic E-state index is 0.0732. The Hall–Kier alpha value is -3.49. The molecule has 5 rings (SSSR count). The molecule has 0 bridgehead atoms. The summed E-state index contributed by atoms with van der Waals surface area (Å²) in [7, 11) is -8.06. The van der Waals surface area contributed by atoms with Crippen molar-refractivity contribution >= 4 is 28.6 Å². The number of halogens is 1. The van der Waals surface area contributed by atoms with E-state index in [4.69, 9.17) is 0 Å². The molecule has 0 spiro atoms. The van der Waals surface area contributed by atoms with Crippen LogP contribution in [0.2, 0.25) is 0 Å². The van der Waals surface area contributed by atoms with Gasteiger partial charge in [0.25, 0.3) is 0 Å². The number of phenols is 1. The van der Waals surface area contributed by atoms with Crippen LogP contribution in [0.4, 0.5) is 10.1 Å². The summed E-state index contributed by atoms with van der Waals surface area (Å²) in [6.45, 7) is 0. The number of phenolic OH excluding ortho intramolecular Hbond substituents is 1. The largest absolute Gasteiger partial charge is 0.508 e. The number of hydrogen-bond donors (Lipinski definition) is 3. The minimum Gasteiger partial charge on any atom is -0.508 e. The number of aryl methyl sites for hydroxylation is 1. The lowest BCUT2D eigenvalue weighted by Crippen LogP contribution is -2.58. The molecule has 1 aliphatic rings. The van der Waals surface area contributed by atoms with E-state index in [1.807, 2.05) is 0 Å². The zero-order valence-electron chi connectivity index (χ0n) is 20.8. The minimum atomic E-state index is -4.37. The molecule has 2 atom stereocenters. The molecule has 0 aromatic heterocycles. The first-order valence-corrected chi connectivity index (χ1v) is 15.5. The van der Waals surface area contributed by atoms with Crippen LogP contribution in [-0.2, 0) is 21.0 Å². The molecule has 4 aromatic rings. The van der Waals surface area contributed by atoms with Crippen molar-refractivity contribution in [2.75, 3.05) is 4.31 Å². The van der Waals surface area contributed by atoms with Crippen LogP contribution in [0.15, 0.2) is 97.1 Å². The molecule has 10 heteroatoms. The molecule has 4 aromatic carbocycles. The van der Waals surface area contributed by atoms with Crippen molar-refractivity contribution in [1.29, 1.82) is 0 Å². The fraction of sp³-hybridized carbons (Fsp3) is 0.172. The van der Waals surface area contributed by atoms with Crippen molar-refractivity contribution in [2.45, 2.75) is 30.6 Å². The van der Waals surface area contributed by atoms with Gasteiger partial charge in [-0.05, 0) is 78.4 Å².